The number of β-lactam (4-membered cyclic amide) rings is 1. The van der Waals surface area contributed by atoms with Crippen molar-refractivity contribution in [3.63, 3.8) is 0 Å². The van der Waals surface area contributed by atoms with Crippen LogP contribution >= 0.6 is 46.5 Å². The number of thioether (sulfide) groups is 2. The number of ether oxygens (including phenoxy) is 1. The van der Waals surface area contributed by atoms with Gasteiger partial charge in [0.25, 0.3) is 17.5 Å². The summed E-state index contributed by atoms with van der Waals surface area (Å²) < 4.78 is 11.7. The van der Waals surface area contributed by atoms with Gasteiger partial charge in [0.1, 0.15) is 40.2 Å². The number of carbonyl (C=O) groups is 3. The average molecular weight is 624 g/mol. The van der Waals surface area contributed by atoms with E-state index in [4.69, 9.17) is 20.8 Å². The molecule has 0 spiro atoms. The number of non-ortho nitro benzene ring substituents is 1. The van der Waals surface area contributed by atoms with E-state index in [0.29, 0.717) is 21.4 Å². The largest absolute Gasteiger partial charge is 0.484 e. The fourth-order valence-electron chi connectivity index (χ4n) is 3.93. The minimum absolute atomic E-state index is 0.0752. The minimum atomic E-state index is -1.22. The lowest BCUT2D eigenvalue weighted by Crippen LogP contribution is -2.70. The van der Waals surface area contributed by atoms with E-state index in [1.807, 2.05) is 6.92 Å². The summed E-state index contributed by atoms with van der Waals surface area (Å²) in [6, 6.07) is 5.71. The Kier molecular flexibility index (Phi) is 8.02. The minimum Gasteiger partial charge on any atom is -0.484 e. The van der Waals surface area contributed by atoms with Crippen LogP contribution in [0.5, 0.6) is 5.75 Å². The molecule has 40 heavy (non-hydrogen) atoms. The monoisotopic (exact) mass is 623 g/mol. The Morgan fingerprint density at radius 1 is 1.35 bits per heavy atom. The van der Waals surface area contributed by atoms with Gasteiger partial charge in [0, 0.05) is 17.6 Å². The van der Waals surface area contributed by atoms with Crippen LogP contribution in [-0.4, -0.2) is 65.8 Å². The predicted molar refractivity (Wildman–Crippen MR) is 146 cm³/mol. The van der Waals surface area contributed by atoms with Gasteiger partial charge in [0.05, 0.1) is 16.0 Å². The summed E-state index contributed by atoms with van der Waals surface area (Å²) in [6.45, 7) is 1.67. The number of hydrogen-bond donors (Lipinski definition) is 2. The van der Waals surface area contributed by atoms with Gasteiger partial charge in [0.15, 0.2) is 10.1 Å². The van der Waals surface area contributed by atoms with Gasteiger partial charge in [-0.25, -0.2) is 4.79 Å². The van der Waals surface area contributed by atoms with Crippen LogP contribution in [0.4, 0.5) is 5.69 Å². The van der Waals surface area contributed by atoms with Gasteiger partial charge in [0.2, 0.25) is 0 Å². The van der Waals surface area contributed by atoms with Gasteiger partial charge < -0.3 is 19.6 Å². The van der Waals surface area contributed by atoms with Crippen molar-refractivity contribution in [3.8, 4) is 5.75 Å². The summed E-state index contributed by atoms with van der Waals surface area (Å²) in [4.78, 5) is 49.4. The molecule has 2 N–H and O–H groups in total. The summed E-state index contributed by atoms with van der Waals surface area (Å²) in [5.41, 5.74) is 0.312. The number of carbonyl (C=O) groups excluding carboxylic acids is 2. The van der Waals surface area contributed by atoms with Crippen LogP contribution in [0, 0.1) is 17.0 Å². The van der Waals surface area contributed by atoms with Crippen molar-refractivity contribution in [2.45, 2.75) is 29.3 Å². The Hall–Kier alpha value is -3.60. The lowest BCUT2D eigenvalue weighted by molar-refractivity contribution is -0.384. The number of rotatable bonds is 10. The van der Waals surface area contributed by atoms with Crippen molar-refractivity contribution in [1.82, 2.24) is 20.4 Å². The second-order valence-electron chi connectivity index (χ2n) is 8.42. The van der Waals surface area contributed by atoms with Crippen molar-refractivity contribution in [1.29, 1.82) is 0 Å². The number of fused-ring (bicyclic) bond motifs is 1. The highest BCUT2D eigenvalue weighted by atomic mass is 35.5. The summed E-state index contributed by atoms with van der Waals surface area (Å²) in [5, 5.41) is 31.8. The predicted octanol–water partition coefficient (Wildman–Crippen LogP) is 3.72. The van der Waals surface area contributed by atoms with Gasteiger partial charge in [-0.3, -0.25) is 24.6 Å². The molecule has 13 nitrogen and oxygen atoms in total. The number of aromatic nitrogens is 2. The van der Waals surface area contributed by atoms with Crippen molar-refractivity contribution in [2.24, 2.45) is 0 Å². The van der Waals surface area contributed by atoms with E-state index in [-0.39, 0.29) is 40.3 Å². The highest BCUT2D eigenvalue weighted by Gasteiger charge is 2.54. The molecule has 208 valence electrons. The average Bonchev–Trinajstić information content (AvgIpc) is 3.58. The molecule has 0 bridgehead atoms. The van der Waals surface area contributed by atoms with Crippen LogP contribution in [0.1, 0.15) is 21.3 Å². The van der Waals surface area contributed by atoms with E-state index < -0.39 is 34.1 Å². The molecule has 4 heterocycles. The zero-order chi connectivity index (χ0) is 28.6. The first kappa shape index (κ1) is 27.9. The summed E-state index contributed by atoms with van der Waals surface area (Å²) >= 11 is 10.1. The maximum Gasteiger partial charge on any atom is 0.352 e. The number of nitrogens with zero attached hydrogens (tertiary/aromatic N) is 4. The number of amides is 2. The summed E-state index contributed by atoms with van der Waals surface area (Å²) in [7, 11) is 0. The second kappa shape index (κ2) is 11.5. The number of carboxylic acids is 1. The van der Waals surface area contributed by atoms with Crippen molar-refractivity contribution >= 4 is 69.9 Å². The molecule has 2 aliphatic rings. The fourth-order valence-corrected chi connectivity index (χ4v) is 7.41. The zero-order valence-electron chi connectivity index (χ0n) is 20.4. The van der Waals surface area contributed by atoms with Gasteiger partial charge in [-0.05, 0) is 30.7 Å². The number of nitrogens with one attached hydrogen (secondary N) is 1. The molecule has 3 aromatic rings. The Bertz CT molecular complexity index is 1560. The molecular weight excluding hydrogens is 606 g/mol. The number of hydrogen-bond acceptors (Lipinski definition) is 12. The third-order valence-corrected chi connectivity index (χ3v) is 9.50. The van der Waals surface area contributed by atoms with Gasteiger partial charge in [-0.1, -0.05) is 34.7 Å². The van der Waals surface area contributed by atoms with Crippen LogP contribution in [0.3, 0.4) is 0 Å². The van der Waals surface area contributed by atoms with Crippen molar-refractivity contribution in [3.05, 3.63) is 73.3 Å². The summed E-state index contributed by atoms with van der Waals surface area (Å²) in [6.07, 6.45) is 0. The van der Waals surface area contributed by atoms with Crippen molar-refractivity contribution < 1.29 is 33.6 Å². The molecule has 2 atom stereocenters. The first-order chi connectivity index (χ1) is 19.1. The Morgan fingerprint density at radius 3 is 2.85 bits per heavy atom. The lowest BCUT2D eigenvalue weighted by Gasteiger charge is -2.49. The number of nitro benzene ring substituents is 1. The van der Waals surface area contributed by atoms with Crippen LogP contribution in [0.15, 0.2) is 50.4 Å². The normalized spacial score (nSPS) is 18.2. The summed E-state index contributed by atoms with van der Waals surface area (Å²) in [5.74, 6) is -1.47. The van der Waals surface area contributed by atoms with E-state index >= 15 is 0 Å². The van der Waals surface area contributed by atoms with Crippen LogP contribution < -0.4 is 10.1 Å². The van der Waals surface area contributed by atoms with Crippen LogP contribution in [-0.2, 0) is 16.2 Å². The molecule has 1 aromatic carbocycles. The number of aliphatic carboxylic acids is 1. The Labute approximate surface area is 243 Å². The molecule has 2 aromatic heterocycles. The molecule has 1 saturated heterocycles. The molecular formula is C23H18ClN5O8S3. The van der Waals surface area contributed by atoms with Crippen LogP contribution in [0.25, 0.3) is 0 Å². The Morgan fingerprint density at radius 2 is 2.15 bits per heavy atom. The zero-order valence-corrected chi connectivity index (χ0v) is 23.6. The maximum atomic E-state index is 12.9. The van der Waals surface area contributed by atoms with E-state index in [1.165, 1.54) is 70.1 Å². The Balaban J connectivity index is 1.21. The molecule has 2 aliphatic heterocycles. The molecule has 2 amide bonds. The molecule has 0 aliphatic carbocycles. The number of halogens is 1. The molecule has 0 saturated carbocycles. The SMILES string of the molecule is Cc1nnc(SCC2=C(C(=O)O)N3C(=O)C(NC(=O)c4ccc(COc5cc([N+](=O)[O-])ccc5Cl)o4)C3SC2)s1. The van der Waals surface area contributed by atoms with Crippen molar-refractivity contribution in [2.75, 3.05) is 11.5 Å². The van der Waals surface area contributed by atoms with E-state index in [0.717, 1.165) is 5.01 Å². The van der Waals surface area contributed by atoms with E-state index in [1.54, 1.807) is 0 Å². The fraction of sp³-hybridized carbons (Fsp3) is 0.261. The quantitative estimate of drug-likeness (QED) is 0.145. The van der Waals surface area contributed by atoms with Gasteiger partial charge in [-0.15, -0.1) is 22.0 Å². The third-order valence-electron chi connectivity index (χ3n) is 5.79. The number of furan rings is 1. The molecule has 17 heteroatoms. The number of aryl methyl sites for hydroxylation is 1. The lowest BCUT2D eigenvalue weighted by atomic mass is 10.0. The highest BCUT2D eigenvalue weighted by Crippen LogP contribution is 2.42. The van der Waals surface area contributed by atoms with E-state index in [9.17, 15) is 29.6 Å². The van der Waals surface area contributed by atoms with Gasteiger partial charge >= 0.3 is 5.97 Å². The highest BCUT2D eigenvalue weighted by molar-refractivity contribution is 8.01. The number of nitro groups is 1. The van der Waals surface area contributed by atoms with Crippen LogP contribution in [0.2, 0.25) is 5.02 Å². The molecule has 2 unspecified atom stereocenters. The molecule has 0 radical (unpaired) electrons. The smallest absolute Gasteiger partial charge is 0.352 e. The molecule has 5 rings (SSSR count). The number of carboxylic acid groups (broad SMARTS) is 1. The standard InChI is InChI=1S/C23H18ClN5O8S3/c1-10-26-27-23(40-10)39-9-11-8-38-21-17(20(31)28(21)18(11)22(32)33)25-19(30)15-5-3-13(37-15)7-36-16-6-12(29(34)35)2-4-14(16)24/h2-6,17,21H,7-9H2,1H3,(H,25,30)(H,32,33). The maximum absolute atomic E-state index is 12.9. The first-order valence-electron chi connectivity index (χ1n) is 11.4. The van der Waals surface area contributed by atoms with Gasteiger partial charge in [-0.2, -0.15) is 0 Å². The second-order valence-corrected chi connectivity index (χ2v) is 12.3. The van der Waals surface area contributed by atoms with E-state index in [2.05, 4.69) is 15.5 Å². The number of benzene rings is 1. The molecule has 1 fully saturated rings. The first-order valence-corrected chi connectivity index (χ1v) is 14.6. The third kappa shape index (κ3) is 5.65. The topological polar surface area (TPSA) is 178 Å².